The SMILES string of the molecule is CCCC(C)C(CCC)C(C)C(C)C. The Morgan fingerprint density at radius 3 is 1.64 bits per heavy atom. The third-order valence-corrected chi connectivity index (χ3v) is 3.82. The van der Waals surface area contributed by atoms with Crippen molar-refractivity contribution in [2.24, 2.45) is 23.7 Å². The molecule has 0 nitrogen and oxygen atoms in total. The molecule has 0 aliphatic carbocycles. The third kappa shape index (κ3) is 4.48. The molecule has 0 aromatic rings. The van der Waals surface area contributed by atoms with Gasteiger partial charge in [0.05, 0.1) is 0 Å². The van der Waals surface area contributed by atoms with Gasteiger partial charge in [-0.1, -0.05) is 67.2 Å². The van der Waals surface area contributed by atoms with Crippen LogP contribution in [0.4, 0.5) is 0 Å². The van der Waals surface area contributed by atoms with Crippen molar-refractivity contribution in [1.29, 1.82) is 0 Å². The van der Waals surface area contributed by atoms with Crippen LogP contribution in [0.1, 0.15) is 67.2 Å². The van der Waals surface area contributed by atoms with Crippen LogP contribution in [0.3, 0.4) is 0 Å². The van der Waals surface area contributed by atoms with Gasteiger partial charge < -0.3 is 0 Å². The minimum Gasteiger partial charge on any atom is -0.0654 e. The van der Waals surface area contributed by atoms with Crippen molar-refractivity contribution in [3.05, 3.63) is 0 Å². The van der Waals surface area contributed by atoms with Crippen molar-refractivity contribution < 1.29 is 0 Å². The topological polar surface area (TPSA) is 0 Å². The van der Waals surface area contributed by atoms with E-state index in [0.717, 1.165) is 23.7 Å². The maximum absolute atomic E-state index is 2.45. The van der Waals surface area contributed by atoms with Crippen molar-refractivity contribution >= 4 is 0 Å². The fourth-order valence-electron chi connectivity index (χ4n) is 2.56. The van der Waals surface area contributed by atoms with Gasteiger partial charge in [-0.05, 0) is 23.7 Å². The molecular weight excluding hydrogens is 168 g/mol. The molecule has 3 atom stereocenters. The van der Waals surface area contributed by atoms with Gasteiger partial charge in [-0.15, -0.1) is 0 Å². The Morgan fingerprint density at radius 1 is 0.786 bits per heavy atom. The largest absolute Gasteiger partial charge is 0.0654 e. The summed E-state index contributed by atoms with van der Waals surface area (Å²) in [5, 5.41) is 0. The molecule has 0 fully saturated rings. The first-order chi connectivity index (χ1) is 6.54. The van der Waals surface area contributed by atoms with Crippen molar-refractivity contribution in [3.8, 4) is 0 Å². The van der Waals surface area contributed by atoms with E-state index in [9.17, 15) is 0 Å². The summed E-state index contributed by atoms with van der Waals surface area (Å²) in [7, 11) is 0. The van der Waals surface area contributed by atoms with Gasteiger partial charge in [-0.25, -0.2) is 0 Å². The van der Waals surface area contributed by atoms with E-state index in [4.69, 9.17) is 0 Å². The highest BCUT2D eigenvalue weighted by Crippen LogP contribution is 2.33. The molecule has 0 amide bonds. The molecule has 0 heterocycles. The molecule has 3 unspecified atom stereocenters. The molecule has 86 valence electrons. The van der Waals surface area contributed by atoms with E-state index in [2.05, 4.69) is 41.5 Å². The summed E-state index contributed by atoms with van der Waals surface area (Å²) < 4.78 is 0. The van der Waals surface area contributed by atoms with E-state index in [-0.39, 0.29) is 0 Å². The third-order valence-electron chi connectivity index (χ3n) is 3.82. The van der Waals surface area contributed by atoms with E-state index < -0.39 is 0 Å². The van der Waals surface area contributed by atoms with E-state index >= 15 is 0 Å². The second-order valence-electron chi connectivity index (χ2n) is 5.32. The summed E-state index contributed by atoms with van der Waals surface area (Å²) in [6.45, 7) is 14.2. The Balaban J connectivity index is 4.25. The molecule has 0 N–H and O–H groups in total. The maximum atomic E-state index is 2.45. The zero-order valence-electron chi connectivity index (χ0n) is 11.1. The van der Waals surface area contributed by atoms with Crippen LogP contribution in [0.2, 0.25) is 0 Å². The Labute approximate surface area is 91.5 Å². The Bertz CT molecular complexity index is 126. The molecule has 0 bridgehead atoms. The highest BCUT2D eigenvalue weighted by Gasteiger charge is 2.24. The summed E-state index contributed by atoms with van der Waals surface area (Å²) in [4.78, 5) is 0. The van der Waals surface area contributed by atoms with Gasteiger partial charge in [0.2, 0.25) is 0 Å². The fourth-order valence-corrected chi connectivity index (χ4v) is 2.56. The second kappa shape index (κ2) is 7.31. The molecule has 0 rings (SSSR count). The smallest absolute Gasteiger partial charge is 0.0360 e. The number of hydrogen-bond donors (Lipinski definition) is 0. The predicted molar refractivity (Wildman–Crippen MR) is 66.5 cm³/mol. The van der Waals surface area contributed by atoms with E-state index in [1.165, 1.54) is 25.7 Å². The van der Waals surface area contributed by atoms with Gasteiger partial charge in [0.25, 0.3) is 0 Å². The summed E-state index contributed by atoms with van der Waals surface area (Å²) in [6.07, 6.45) is 5.50. The summed E-state index contributed by atoms with van der Waals surface area (Å²) in [6, 6.07) is 0. The molecule has 0 spiro atoms. The van der Waals surface area contributed by atoms with E-state index in [1.807, 2.05) is 0 Å². The average molecular weight is 198 g/mol. The number of hydrogen-bond acceptors (Lipinski definition) is 0. The molecule has 0 aromatic heterocycles. The second-order valence-corrected chi connectivity index (χ2v) is 5.32. The van der Waals surface area contributed by atoms with Crippen LogP contribution in [0, 0.1) is 23.7 Å². The van der Waals surface area contributed by atoms with Gasteiger partial charge in [0.1, 0.15) is 0 Å². The molecule has 0 aliphatic heterocycles. The lowest BCUT2D eigenvalue weighted by Crippen LogP contribution is -2.23. The van der Waals surface area contributed by atoms with Gasteiger partial charge in [-0.3, -0.25) is 0 Å². The first kappa shape index (κ1) is 14.0. The highest BCUT2D eigenvalue weighted by atomic mass is 14.3. The van der Waals surface area contributed by atoms with Crippen LogP contribution in [0.15, 0.2) is 0 Å². The van der Waals surface area contributed by atoms with Crippen molar-refractivity contribution in [2.45, 2.75) is 67.2 Å². The maximum Gasteiger partial charge on any atom is -0.0360 e. The standard InChI is InChI=1S/C14H30/c1-7-9-12(5)14(10-8-2)13(6)11(3)4/h11-14H,7-10H2,1-6H3. The lowest BCUT2D eigenvalue weighted by molar-refractivity contribution is 0.181. The van der Waals surface area contributed by atoms with Crippen LogP contribution < -0.4 is 0 Å². The van der Waals surface area contributed by atoms with Gasteiger partial charge >= 0.3 is 0 Å². The van der Waals surface area contributed by atoms with Crippen molar-refractivity contribution in [3.63, 3.8) is 0 Å². The molecule has 0 aliphatic rings. The lowest BCUT2D eigenvalue weighted by atomic mass is 9.74. The van der Waals surface area contributed by atoms with Crippen LogP contribution in [0.5, 0.6) is 0 Å². The Kier molecular flexibility index (Phi) is 7.31. The van der Waals surface area contributed by atoms with Gasteiger partial charge in [-0.2, -0.15) is 0 Å². The fraction of sp³-hybridized carbons (Fsp3) is 1.00. The Hall–Kier alpha value is 0. The zero-order chi connectivity index (χ0) is 11.1. The summed E-state index contributed by atoms with van der Waals surface area (Å²) in [5.74, 6) is 3.58. The van der Waals surface area contributed by atoms with E-state index in [0.29, 0.717) is 0 Å². The molecule has 0 saturated carbocycles. The highest BCUT2D eigenvalue weighted by molar-refractivity contribution is 4.73. The van der Waals surface area contributed by atoms with Gasteiger partial charge in [0.15, 0.2) is 0 Å². The zero-order valence-corrected chi connectivity index (χ0v) is 11.1. The van der Waals surface area contributed by atoms with Crippen LogP contribution in [-0.2, 0) is 0 Å². The minimum atomic E-state index is 0.839. The first-order valence-corrected chi connectivity index (χ1v) is 6.54. The van der Waals surface area contributed by atoms with Crippen molar-refractivity contribution in [1.82, 2.24) is 0 Å². The molecule has 0 heteroatoms. The predicted octanol–water partition coefficient (Wildman–Crippen LogP) is 5.13. The Morgan fingerprint density at radius 2 is 1.29 bits per heavy atom. The molecular formula is C14H30. The molecule has 14 heavy (non-hydrogen) atoms. The first-order valence-electron chi connectivity index (χ1n) is 6.54. The normalized spacial score (nSPS) is 18.2. The average Bonchev–Trinajstić information content (AvgIpc) is 2.13. The minimum absolute atomic E-state index is 0.839. The summed E-state index contributed by atoms with van der Waals surface area (Å²) >= 11 is 0. The van der Waals surface area contributed by atoms with Crippen LogP contribution in [-0.4, -0.2) is 0 Å². The van der Waals surface area contributed by atoms with Crippen LogP contribution >= 0.6 is 0 Å². The lowest BCUT2D eigenvalue weighted by Gasteiger charge is -2.32. The monoisotopic (exact) mass is 198 g/mol. The molecule has 0 radical (unpaired) electrons. The summed E-state index contributed by atoms with van der Waals surface area (Å²) in [5.41, 5.74) is 0. The van der Waals surface area contributed by atoms with Crippen molar-refractivity contribution in [2.75, 3.05) is 0 Å². The van der Waals surface area contributed by atoms with Crippen LogP contribution in [0.25, 0.3) is 0 Å². The number of rotatable bonds is 7. The van der Waals surface area contributed by atoms with Gasteiger partial charge in [0, 0.05) is 0 Å². The molecule has 0 saturated heterocycles. The quantitative estimate of drug-likeness (QED) is 0.532. The van der Waals surface area contributed by atoms with E-state index in [1.54, 1.807) is 0 Å². The molecule has 0 aromatic carbocycles.